The van der Waals surface area contributed by atoms with Crippen LogP contribution in [0.15, 0.2) is 24.3 Å². The van der Waals surface area contributed by atoms with Gasteiger partial charge in [0.2, 0.25) is 23.6 Å². The number of aromatic hydroxyl groups is 1. The van der Waals surface area contributed by atoms with E-state index in [0.717, 1.165) is 0 Å². The van der Waals surface area contributed by atoms with E-state index in [4.69, 9.17) is 16.6 Å². The lowest BCUT2D eigenvalue weighted by Gasteiger charge is -2.20. The summed E-state index contributed by atoms with van der Waals surface area (Å²) in [6.45, 7) is 0.729. The quantitative estimate of drug-likeness (QED) is 0.189. The van der Waals surface area contributed by atoms with Gasteiger partial charge in [-0.1, -0.05) is 12.1 Å². The van der Waals surface area contributed by atoms with E-state index < -0.39 is 54.3 Å². The molecule has 0 aliphatic rings. The molecule has 0 bridgehead atoms. The molecular formula is C19H27N5O7. The highest BCUT2D eigenvalue weighted by molar-refractivity contribution is 5.93. The first-order chi connectivity index (χ1) is 14.5. The molecule has 4 amide bonds. The third kappa shape index (κ3) is 9.58. The number of carboxylic acids is 1. The van der Waals surface area contributed by atoms with Crippen LogP contribution in [-0.4, -0.2) is 64.5 Å². The lowest BCUT2D eigenvalue weighted by molar-refractivity contribution is -0.141. The van der Waals surface area contributed by atoms with E-state index >= 15 is 0 Å². The van der Waals surface area contributed by atoms with Crippen LogP contribution in [-0.2, 0) is 30.4 Å². The number of primary amides is 1. The first kappa shape index (κ1) is 25.4. The van der Waals surface area contributed by atoms with Crippen molar-refractivity contribution in [3.63, 3.8) is 0 Å². The summed E-state index contributed by atoms with van der Waals surface area (Å²) in [5, 5.41) is 24.9. The Kier molecular flexibility index (Phi) is 9.92. The van der Waals surface area contributed by atoms with Crippen molar-refractivity contribution in [2.45, 2.75) is 44.3 Å². The summed E-state index contributed by atoms with van der Waals surface area (Å²) in [6, 6.07) is 2.72. The van der Waals surface area contributed by atoms with Gasteiger partial charge < -0.3 is 37.6 Å². The lowest BCUT2D eigenvalue weighted by atomic mass is 10.0. The largest absolute Gasteiger partial charge is 0.508 e. The summed E-state index contributed by atoms with van der Waals surface area (Å²) < 4.78 is 0. The van der Waals surface area contributed by atoms with Crippen molar-refractivity contribution in [2.75, 3.05) is 6.54 Å². The zero-order valence-corrected chi connectivity index (χ0v) is 17.0. The second-order valence-corrected chi connectivity index (χ2v) is 6.89. The molecule has 0 aliphatic heterocycles. The van der Waals surface area contributed by atoms with Crippen LogP contribution in [0.5, 0.6) is 5.75 Å². The van der Waals surface area contributed by atoms with Gasteiger partial charge in [-0.25, -0.2) is 0 Å². The van der Waals surface area contributed by atoms with Gasteiger partial charge in [0.1, 0.15) is 17.8 Å². The SMILES string of the molecule is CC(NC(=O)CNC(=O)C(CCC(N)=O)NC(=O)C(N)Cc1ccc(O)cc1)C(=O)O. The third-order valence-electron chi connectivity index (χ3n) is 4.21. The number of aliphatic carboxylic acids is 1. The van der Waals surface area contributed by atoms with E-state index in [9.17, 15) is 29.1 Å². The number of carbonyl (C=O) groups excluding carboxylic acids is 4. The number of carboxylic acid groups (broad SMARTS) is 1. The zero-order chi connectivity index (χ0) is 23.6. The van der Waals surface area contributed by atoms with Crippen LogP contribution in [0, 0.1) is 0 Å². The number of rotatable bonds is 12. The predicted octanol–water partition coefficient (Wildman–Crippen LogP) is -2.28. The Morgan fingerprint density at radius 3 is 2.19 bits per heavy atom. The highest BCUT2D eigenvalue weighted by Crippen LogP contribution is 2.11. The number of phenolic OH excluding ortho intramolecular Hbond substituents is 1. The molecule has 9 N–H and O–H groups in total. The highest BCUT2D eigenvalue weighted by Gasteiger charge is 2.25. The average molecular weight is 437 g/mol. The minimum atomic E-state index is -1.24. The first-order valence-corrected chi connectivity index (χ1v) is 9.41. The molecule has 170 valence electrons. The number of amides is 4. The summed E-state index contributed by atoms with van der Waals surface area (Å²) in [6.07, 6.45) is -0.189. The summed E-state index contributed by atoms with van der Waals surface area (Å²) in [5.41, 5.74) is 11.7. The van der Waals surface area contributed by atoms with E-state index in [1.165, 1.54) is 19.1 Å². The van der Waals surface area contributed by atoms with Gasteiger partial charge in [-0.15, -0.1) is 0 Å². The molecule has 0 saturated heterocycles. The van der Waals surface area contributed by atoms with E-state index in [1.54, 1.807) is 12.1 Å². The fourth-order valence-electron chi connectivity index (χ4n) is 2.46. The molecule has 12 nitrogen and oxygen atoms in total. The van der Waals surface area contributed by atoms with Gasteiger partial charge in [0.15, 0.2) is 0 Å². The Balaban J connectivity index is 2.69. The molecule has 31 heavy (non-hydrogen) atoms. The molecule has 0 aliphatic carbocycles. The predicted molar refractivity (Wildman–Crippen MR) is 108 cm³/mol. The number of nitrogens with one attached hydrogen (secondary N) is 3. The molecule has 0 fully saturated rings. The number of benzene rings is 1. The summed E-state index contributed by atoms with van der Waals surface area (Å²) in [5.74, 6) is -4.03. The number of nitrogens with two attached hydrogens (primary N) is 2. The maximum Gasteiger partial charge on any atom is 0.325 e. The molecule has 0 saturated carbocycles. The number of hydrogen-bond acceptors (Lipinski definition) is 7. The third-order valence-corrected chi connectivity index (χ3v) is 4.21. The topological polar surface area (TPSA) is 214 Å². The second kappa shape index (κ2) is 12.1. The molecule has 3 unspecified atom stereocenters. The molecule has 0 radical (unpaired) electrons. The van der Waals surface area contributed by atoms with Crippen molar-refractivity contribution in [3.05, 3.63) is 29.8 Å². The molecule has 0 aromatic heterocycles. The Morgan fingerprint density at radius 2 is 1.65 bits per heavy atom. The molecule has 0 spiro atoms. The zero-order valence-electron chi connectivity index (χ0n) is 17.0. The highest BCUT2D eigenvalue weighted by atomic mass is 16.4. The molecule has 1 aromatic carbocycles. The second-order valence-electron chi connectivity index (χ2n) is 6.89. The van der Waals surface area contributed by atoms with Gasteiger partial charge in [-0.2, -0.15) is 0 Å². The molecule has 1 aromatic rings. The van der Waals surface area contributed by atoms with Crippen LogP contribution < -0.4 is 27.4 Å². The number of hydrogen-bond donors (Lipinski definition) is 7. The van der Waals surface area contributed by atoms with Crippen molar-refractivity contribution in [3.8, 4) is 5.75 Å². The monoisotopic (exact) mass is 437 g/mol. The van der Waals surface area contributed by atoms with E-state index in [-0.39, 0.29) is 25.0 Å². The summed E-state index contributed by atoms with van der Waals surface area (Å²) in [4.78, 5) is 58.3. The molecule has 3 atom stereocenters. The van der Waals surface area contributed by atoms with Gasteiger partial charge in [0.25, 0.3) is 0 Å². The minimum absolute atomic E-state index is 0.0618. The standard InChI is InChI=1S/C19H27N5O7/c1-10(19(30)31)23-16(27)9-22-18(29)14(6-7-15(21)26)24-17(28)13(20)8-11-2-4-12(25)5-3-11/h2-5,10,13-14,25H,6-9,20H2,1H3,(H2,21,26)(H,22,29)(H,23,27)(H,24,28)(H,30,31). The smallest absolute Gasteiger partial charge is 0.325 e. The molecule has 12 heteroatoms. The summed E-state index contributed by atoms with van der Waals surface area (Å²) >= 11 is 0. The van der Waals surface area contributed by atoms with Crippen LogP contribution in [0.3, 0.4) is 0 Å². The first-order valence-electron chi connectivity index (χ1n) is 9.41. The van der Waals surface area contributed by atoms with E-state index in [0.29, 0.717) is 5.56 Å². The van der Waals surface area contributed by atoms with Crippen molar-refractivity contribution < 1.29 is 34.2 Å². The van der Waals surface area contributed by atoms with Crippen LogP contribution in [0.4, 0.5) is 0 Å². The van der Waals surface area contributed by atoms with Crippen LogP contribution in [0.25, 0.3) is 0 Å². The maximum absolute atomic E-state index is 12.4. The maximum atomic E-state index is 12.4. The van der Waals surface area contributed by atoms with Gasteiger partial charge in [-0.05, 0) is 37.5 Å². The van der Waals surface area contributed by atoms with Crippen molar-refractivity contribution in [2.24, 2.45) is 11.5 Å². The van der Waals surface area contributed by atoms with Crippen molar-refractivity contribution in [1.82, 2.24) is 16.0 Å². The van der Waals surface area contributed by atoms with Gasteiger partial charge in [0, 0.05) is 6.42 Å². The van der Waals surface area contributed by atoms with Crippen LogP contribution in [0.2, 0.25) is 0 Å². The van der Waals surface area contributed by atoms with Crippen molar-refractivity contribution in [1.29, 1.82) is 0 Å². The molecule has 0 heterocycles. The van der Waals surface area contributed by atoms with Crippen LogP contribution >= 0.6 is 0 Å². The van der Waals surface area contributed by atoms with Gasteiger partial charge >= 0.3 is 5.97 Å². The summed E-state index contributed by atoms with van der Waals surface area (Å²) in [7, 11) is 0. The van der Waals surface area contributed by atoms with E-state index in [1.807, 2.05) is 0 Å². The Morgan fingerprint density at radius 1 is 1.03 bits per heavy atom. The number of carbonyl (C=O) groups is 5. The fraction of sp³-hybridized carbons (Fsp3) is 0.421. The Hall–Kier alpha value is -3.67. The lowest BCUT2D eigenvalue weighted by Crippen LogP contribution is -2.53. The Bertz CT molecular complexity index is 812. The minimum Gasteiger partial charge on any atom is -0.508 e. The molecular weight excluding hydrogens is 410 g/mol. The number of phenols is 1. The van der Waals surface area contributed by atoms with Gasteiger partial charge in [-0.3, -0.25) is 24.0 Å². The van der Waals surface area contributed by atoms with Gasteiger partial charge in [0.05, 0.1) is 12.6 Å². The Labute approximate surface area is 178 Å². The van der Waals surface area contributed by atoms with Crippen molar-refractivity contribution >= 4 is 29.6 Å². The fourth-order valence-corrected chi connectivity index (χ4v) is 2.46. The molecule has 1 rings (SSSR count). The van der Waals surface area contributed by atoms with Crippen LogP contribution in [0.1, 0.15) is 25.3 Å². The van der Waals surface area contributed by atoms with E-state index in [2.05, 4.69) is 16.0 Å². The normalized spacial score (nSPS) is 13.4. The average Bonchev–Trinajstić information content (AvgIpc) is 2.70.